The van der Waals surface area contributed by atoms with Gasteiger partial charge in [0, 0.05) is 11.3 Å². The normalized spacial score (nSPS) is 10.2. The van der Waals surface area contributed by atoms with Crippen molar-refractivity contribution in [2.75, 3.05) is 5.73 Å². The first-order chi connectivity index (χ1) is 9.69. The molecule has 0 aliphatic carbocycles. The average Bonchev–Trinajstić information content (AvgIpc) is 2.48. The Labute approximate surface area is 116 Å². The van der Waals surface area contributed by atoms with Crippen molar-refractivity contribution in [1.82, 2.24) is 5.43 Å². The fourth-order valence-corrected chi connectivity index (χ4v) is 1.51. The van der Waals surface area contributed by atoms with E-state index in [4.69, 9.17) is 11.0 Å². The zero-order valence-corrected chi connectivity index (χ0v) is 10.6. The van der Waals surface area contributed by atoms with Crippen molar-refractivity contribution in [3.8, 4) is 6.07 Å². The first-order valence-electron chi connectivity index (χ1n) is 5.88. The Hall–Kier alpha value is -3.13. The molecule has 0 spiro atoms. The lowest BCUT2D eigenvalue weighted by Gasteiger charge is -2.00. The number of benzene rings is 2. The Morgan fingerprint density at radius 3 is 2.40 bits per heavy atom. The maximum absolute atomic E-state index is 11.7. The lowest BCUT2D eigenvalue weighted by atomic mass is 10.2. The standard InChI is InChI=1S/C15H12N4O/c16-9-11-1-3-12(4-2-11)10-18-19-15(20)13-5-7-14(17)8-6-13/h1-8,10H,17H2,(H,19,20). The minimum Gasteiger partial charge on any atom is -0.399 e. The van der Waals surface area contributed by atoms with Crippen molar-refractivity contribution in [2.45, 2.75) is 0 Å². The minimum atomic E-state index is -0.310. The molecule has 0 heterocycles. The summed E-state index contributed by atoms with van der Waals surface area (Å²) in [4.78, 5) is 11.7. The van der Waals surface area contributed by atoms with E-state index in [0.717, 1.165) is 5.56 Å². The van der Waals surface area contributed by atoms with Crippen LogP contribution < -0.4 is 11.2 Å². The number of hydrogen-bond donors (Lipinski definition) is 2. The molecule has 20 heavy (non-hydrogen) atoms. The van der Waals surface area contributed by atoms with Crippen molar-refractivity contribution in [1.29, 1.82) is 5.26 Å². The fraction of sp³-hybridized carbons (Fsp3) is 0. The first kappa shape index (κ1) is 13.3. The molecule has 0 atom stereocenters. The van der Waals surface area contributed by atoms with Gasteiger partial charge in [-0.25, -0.2) is 5.43 Å². The van der Waals surface area contributed by atoms with Crippen LogP contribution in [0, 0.1) is 11.3 Å². The fourth-order valence-electron chi connectivity index (χ4n) is 1.51. The second-order valence-electron chi connectivity index (χ2n) is 4.05. The van der Waals surface area contributed by atoms with Crippen LogP contribution in [0.3, 0.4) is 0 Å². The zero-order chi connectivity index (χ0) is 14.4. The van der Waals surface area contributed by atoms with E-state index in [1.807, 2.05) is 6.07 Å². The lowest BCUT2D eigenvalue weighted by Crippen LogP contribution is -2.17. The number of amides is 1. The van der Waals surface area contributed by atoms with E-state index in [1.165, 1.54) is 6.21 Å². The highest BCUT2D eigenvalue weighted by Crippen LogP contribution is 2.05. The van der Waals surface area contributed by atoms with E-state index >= 15 is 0 Å². The molecule has 0 unspecified atom stereocenters. The lowest BCUT2D eigenvalue weighted by molar-refractivity contribution is 0.0955. The van der Waals surface area contributed by atoms with Crippen molar-refractivity contribution < 1.29 is 4.79 Å². The van der Waals surface area contributed by atoms with E-state index in [1.54, 1.807) is 48.5 Å². The van der Waals surface area contributed by atoms with Gasteiger partial charge in [0.1, 0.15) is 0 Å². The number of nitriles is 1. The molecule has 0 radical (unpaired) electrons. The Balaban J connectivity index is 1.97. The maximum atomic E-state index is 11.7. The number of anilines is 1. The van der Waals surface area contributed by atoms with Gasteiger partial charge in [-0.1, -0.05) is 12.1 Å². The van der Waals surface area contributed by atoms with Gasteiger partial charge < -0.3 is 5.73 Å². The Kier molecular flexibility index (Phi) is 4.10. The average molecular weight is 264 g/mol. The van der Waals surface area contributed by atoms with Crippen LogP contribution in [-0.4, -0.2) is 12.1 Å². The van der Waals surface area contributed by atoms with Crippen molar-refractivity contribution >= 4 is 17.8 Å². The highest BCUT2D eigenvalue weighted by molar-refractivity contribution is 5.95. The second-order valence-corrected chi connectivity index (χ2v) is 4.05. The van der Waals surface area contributed by atoms with E-state index in [-0.39, 0.29) is 5.91 Å². The summed E-state index contributed by atoms with van der Waals surface area (Å²) < 4.78 is 0. The summed E-state index contributed by atoms with van der Waals surface area (Å²) in [7, 11) is 0. The van der Waals surface area contributed by atoms with Crippen LogP contribution in [0.2, 0.25) is 0 Å². The molecule has 5 heteroatoms. The van der Waals surface area contributed by atoms with E-state index < -0.39 is 0 Å². The van der Waals surface area contributed by atoms with Crippen molar-refractivity contribution in [3.63, 3.8) is 0 Å². The number of carbonyl (C=O) groups excluding carboxylic acids is 1. The largest absolute Gasteiger partial charge is 0.399 e. The summed E-state index contributed by atoms with van der Waals surface area (Å²) in [5.41, 5.74) is 10.4. The van der Waals surface area contributed by atoms with Crippen LogP contribution in [0.4, 0.5) is 5.69 Å². The van der Waals surface area contributed by atoms with Gasteiger partial charge in [-0.3, -0.25) is 4.79 Å². The topological polar surface area (TPSA) is 91.3 Å². The molecular weight excluding hydrogens is 252 g/mol. The Morgan fingerprint density at radius 1 is 1.15 bits per heavy atom. The maximum Gasteiger partial charge on any atom is 0.271 e. The summed E-state index contributed by atoms with van der Waals surface area (Å²) in [5, 5.41) is 12.5. The van der Waals surface area contributed by atoms with E-state index in [0.29, 0.717) is 16.8 Å². The van der Waals surface area contributed by atoms with E-state index in [2.05, 4.69) is 10.5 Å². The van der Waals surface area contributed by atoms with Crippen molar-refractivity contribution in [3.05, 3.63) is 65.2 Å². The molecule has 2 aromatic carbocycles. The number of hydrazone groups is 1. The summed E-state index contributed by atoms with van der Waals surface area (Å²) >= 11 is 0. The number of nitrogens with zero attached hydrogens (tertiary/aromatic N) is 2. The molecule has 0 aromatic heterocycles. The minimum absolute atomic E-state index is 0.310. The first-order valence-corrected chi connectivity index (χ1v) is 5.88. The third-order valence-electron chi connectivity index (χ3n) is 2.59. The van der Waals surface area contributed by atoms with Crippen LogP contribution in [0.25, 0.3) is 0 Å². The predicted molar refractivity (Wildman–Crippen MR) is 77.1 cm³/mol. The van der Waals surface area contributed by atoms with Gasteiger partial charge in [0.05, 0.1) is 17.8 Å². The molecule has 0 aliphatic heterocycles. The smallest absolute Gasteiger partial charge is 0.271 e. The zero-order valence-electron chi connectivity index (χ0n) is 10.6. The highest BCUT2D eigenvalue weighted by Gasteiger charge is 2.02. The van der Waals surface area contributed by atoms with Gasteiger partial charge in [0.25, 0.3) is 5.91 Å². The molecule has 2 rings (SSSR count). The summed E-state index contributed by atoms with van der Waals surface area (Å²) in [6, 6.07) is 15.5. The number of carbonyl (C=O) groups is 1. The van der Waals surface area contributed by atoms with Gasteiger partial charge >= 0.3 is 0 Å². The molecule has 0 bridgehead atoms. The molecule has 0 aliphatic rings. The molecule has 5 nitrogen and oxygen atoms in total. The number of nitrogens with two attached hydrogens (primary N) is 1. The number of nitrogen functional groups attached to an aromatic ring is 1. The van der Waals surface area contributed by atoms with Crippen LogP contribution >= 0.6 is 0 Å². The summed E-state index contributed by atoms with van der Waals surface area (Å²) in [6.45, 7) is 0. The molecule has 0 fully saturated rings. The van der Waals surface area contributed by atoms with Gasteiger partial charge in [0.2, 0.25) is 0 Å². The molecular formula is C15H12N4O. The van der Waals surface area contributed by atoms with Crippen LogP contribution in [0.5, 0.6) is 0 Å². The second kappa shape index (κ2) is 6.16. The van der Waals surface area contributed by atoms with E-state index in [9.17, 15) is 4.79 Å². The number of rotatable bonds is 3. The van der Waals surface area contributed by atoms with Gasteiger partial charge in [-0.2, -0.15) is 10.4 Å². The molecule has 1 amide bonds. The van der Waals surface area contributed by atoms with Gasteiger partial charge in [0.15, 0.2) is 0 Å². The Bertz CT molecular complexity index is 667. The van der Waals surface area contributed by atoms with Crippen molar-refractivity contribution in [2.24, 2.45) is 5.10 Å². The van der Waals surface area contributed by atoms with Crippen LogP contribution in [-0.2, 0) is 0 Å². The van der Waals surface area contributed by atoms with Crippen LogP contribution in [0.1, 0.15) is 21.5 Å². The monoisotopic (exact) mass is 264 g/mol. The third kappa shape index (κ3) is 3.43. The molecule has 0 saturated carbocycles. The quantitative estimate of drug-likeness (QED) is 0.504. The number of hydrogen-bond acceptors (Lipinski definition) is 4. The van der Waals surface area contributed by atoms with Gasteiger partial charge in [-0.15, -0.1) is 0 Å². The Morgan fingerprint density at radius 2 is 1.80 bits per heavy atom. The third-order valence-corrected chi connectivity index (χ3v) is 2.59. The SMILES string of the molecule is N#Cc1ccc(C=NNC(=O)c2ccc(N)cc2)cc1. The van der Waals surface area contributed by atoms with Crippen LogP contribution in [0.15, 0.2) is 53.6 Å². The molecule has 2 aromatic rings. The molecule has 3 N–H and O–H groups in total. The summed E-state index contributed by atoms with van der Waals surface area (Å²) in [5.74, 6) is -0.310. The number of nitrogens with one attached hydrogen (secondary N) is 1. The molecule has 0 saturated heterocycles. The predicted octanol–water partition coefficient (Wildman–Crippen LogP) is 1.90. The van der Waals surface area contributed by atoms with Gasteiger partial charge in [-0.05, 0) is 42.0 Å². The highest BCUT2D eigenvalue weighted by atomic mass is 16.2. The summed E-state index contributed by atoms with van der Waals surface area (Å²) in [6.07, 6.45) is 1.51. The molecule has 98 valence electrons.